The molecule has 0 spiro atoms. The molecule has 0 aromatic carbocycles. The van der Waals surface area contributed by atoms with Crippen LogP contribution in [0.4, 0.5) is 0 Å². The SMILES string of the molecule is C=C(N)C(=C(/C)CCC)/C(C)=C(\S)CC1CCC(C)CC1. The summed E-state index contributed by atoms with van der Waals surface area (Å²) < 4.78 is 0. The zero-order valence-electron chi connectivity index (χ0n) is 14.3. The minimum atomic E-state index is 0.683. The number of nitrogens with two attached hydrogens (primary N) is 1. The Bertz CT molecular complexity index is 423. The third-order valence-corrected chi connectivity index (χ3v) is 5.32. The molecule has 0 aliphatic heterocycles. The van der Waals surface area contributed by atoms with Crippen molar-refractivity contribution in [3.63, 3.8) is 0 Å². The number of thiol groups is 1. The summed E-state index contributed by atoms with van der Waals surface area (Å²) in [5.41, 5.74) is 10.4. The third-order valence-electron chi connectivity index (χ3n) is 4.80. The number of allylic oxidation sites excluding steroid dienone is 3. The summed E-state index contributed by atoms with van der Waals surface area (Å²) in [4.78, 5) is 1.20. The van der Waals surface area contributed by atoms with E-state index in [4.69, 9.17) is 18.4 Å². The van der Waals surface area contributed by atoms with E-state index >= 15 is 0 Å². The molecule has 21 heavy (non-hydrogen) atoms. The number of hydrogen-bond donors (Lipinski definition) is 2. The zero-order valence-corrected chi connectivity index (χ0v) is 15.2. The molecule has 1 rings (SSSR count). The zero-order chi connectivity index (χ0) is 16.0. The summed E-state index contributed by atoms with van der Waals surface area (Å²) in [5, 5.41) is 0. The molecule has 1 saturated carbocycles. The highest BCUT2D eigenvalue weighted by Crippen LogP contribution is 2.35. The lowest BCUT2D eigenvalue weighted by Gasteiger charge is -2.27. The highest BCUT2D eigenvalue weighted by atomic mass is 32.1. The van der Waals surface area contributed by atoms with E-state index in [9.17, 15) is 0 Å². The molecule has 0 aromatic rings. The van der Waals surface area contributed by atoms with E-state index in [1.54, 1.807) is 0 Å². The molecule has 0 unspecified atom stereocenters. The van der Waals surface area contributed by atoms with E-state index in [0.717, 1.165) is 36.7 Å². The van der Waals surface area contributed by atoms with E-state index in [-0.39, 0.29) is 0 Å². The summed E-state index contributed by atoms with van der Waals surface area (Å²) >= 11 is 4.80. The van der Waals surface area contributed by atoms with Gasteiger partial charge in [0.15, 0.2) is 0 Å². The topological polar surface area (TPSA) is 26.0 Å². The average molecular weight is 308 g/mol. The Morgan fingerprint density at radius 1 is 1.19 bits per heavy atom. The summed E-state index contributed by atoms with van der Waals surface area (Å²) in [6.07, 6.45) is 8.73. The van der Waals surface area contributed by atoms with E-state index in [1.807, 2.05) is 0 Å². The minimum absolute atomic E-state index is 0.683. The molecule has 0 bridgehead atoms. The second-order valence-corrected chi connectivity index (χ2v) is 7.37. The van der Waals surface area contributed by atoms with Gasteiger partial charge in [-0.1, -0.05) is 45.3 Å². The highest BCUT2D eigenvalue weighted by Gasteiger charge is 2.20. The first-order valence-electron chi connectivity index (χ1n) is 8.40. The van der Waals surface area contributed by atoms with Gasteiger partial charge in [0, 0.05) is 5.70 Å². The molecule has 1 nitrogen and oxygen atoms in total. The van der Waals surface area contributed by atoms with Gasteiger partial charge in [-0.25, -0.2) is 0 Å². The van der Waals surface area contributed by atoms with Gasteiger partial charge in [0.05, 0.1) is 0 Å². The molecule has 0 aromatic heterocycles. The van der Waals surface area contributed by atoms with E-state index in [0.29, 0.717) is 5.70 Å². The normalized spacial score (nSPS) is 25.2. The van der Waals surface area contributed by atoms with Crippen LogP contribution in [0.5, 0.6) is 0 Å². The predicted octanol–water partition coefficient (Wildman–Crippen LogP) is 6.00. The maximum Gasteiger partial charge on any atom is 0.0317 e. The van der Waals surface area contributed by atoms with E-state index in [1.165, 1.54) is 41.7 Å². The molecule has 2 N–H and O–H groups in total. The lowest BCUT2D eigenvalue weighted by molar-refractivity contribution is 0.291. The van der Waals surface area contributed by atoms with Crippen LogP contribution < -0.4 is 5.73 Å². The number of rotatable bonds is 6. The van der Waals surface area contributed by atoms with Crippen molar-refractivity contribution in [3.8, 4) is 0 Å². The molecule has 1 aliphatic carbocycles. The molecule has 120 valence electrons. The summed E-state index contributed by atoms with van der Waals surface area (Å²) in [6, 6.07) is 0. The quantitative estimate of drug-likeness (QED) is 0.457. The predicted molar refractivity (Wildman–Crippen MR) is 98.4 cm³/mol. The first-order valence-corrected chi connectivity index (χ1v) is 8.85. The van der Waals surface area contributed by atoms with E-state index in [2.05, 4.69) is 34.3 Å². The molecule has 0 atom stereocenters. The van der Waals surface area contributed by atoms with E-state index < -0.39 is 0 Å². The molecule has 2 heteroatoms. The van der Waals surface area contributed by atoms with Gasteiger partial charge in [-0.2, -0.15) is 0 Å². The van der Waals surface area contributed by atoms with Crippen molar-refractivity contribution >= 4 is 12.6 Å². The minimum Gasteiger partial charge on any atom is -0.399 e. The van der Waals surface area contributed by atoms with Gasteiger partial charge in [0.25, 0.3) is 0 Å². The maximum atomic E-state index is 6.04. The highest BCUT2D eigenvalue weighted by molar-refractivity contribution is 7.84. The standard InChI is InChI=1S/C19H33NS/c1-6-7-14(3)19(16(5)20)15(4)18(21)12-17-10-8-13(2)9-11-17/h13,17,21H,5-12,20H2,1-4H3/b18-15-,19-14-. The summed E-state index contributed by atoms with van der Waals surface area (Å²) in [6.45, 7) is 12.9. The van der Waals surface area contributed by atoms with Gasteiger partial charge in [0.2, 0.25) is 0 Å². The third kappa shape index (κ3) is 5.58. The van der Waals surface area contributed by atoms with Gasteiger partial charge in [0.1, 0.15) is 0 Å². The largest absolute Gasteiger partial charge is 0.399 e. The second-order valence-electron chi connectivity index (χ2n) is 6.83. The van der Waals surface area contributed by atoms with Crippen LogP contribution in [0.25, 0.3) is 0 Å². The fourth-order valence-electron chi connectivity index (χ4n) is 3.44. The Labute approximate surface area is 137 Å². The summed E-state index contributed by atoms with van der Waals surface area (Å²) in [7, 11) is 0. The smallest absolute Gasteiger partial charge is 0.0317 e. The Balaban J connectivity index is 2.87. The van der Waals surface area contributed by atoms with Crippen molar-refractivity contribution in [1.82, 2.24) is 0 Å². The molecular formula is C19H33NS. The first-order chi connectivity index (χ1) is 9.86. The van der Waals surface area contributed by atoms with Crippen molar-refractivity contribution < 1.29 is 0 Å². The van der Waals surface area contributed by atoms with Crippen molar-refractivity contribution in [2.24, 2.45) is 17.6 Å². The van der Waals surface area contributed by atoms with Crippen LogP contribution in [-0.2, 0) is 0 Å². The Kier molecular flexibility index (Phi) is 7.65. The fourth-order valence-corrected chi connectivity index (χ4v) is 3.81. The van der Waals surface area contributed by atoms with Crippen molar-refractivity contribution in [2.45, 2.75) is 72.6 Å². The van der Waals surface area contributed by atoms with Crippen LogP contribution >= 0.6 is 12.6 Å². The molecule has 0 radical (unpaired) electrons. The van der Waals surface area contributed by atoms with Crippen molar-refractivity contribution in [3.05, 3.63) is 33.9 Å². The number of hydrogen-bond acceptors (Lipinski definition) is 2. The lowest BCUT2D eigenvalue weighted by Crippen LogP contribution is -2.13. The van der Waals surface area contributed by atoms with Crippen LogP contribution in [0.2, 0.25) is 0 Å². The Morgan fingerprint density at radius 3 is 2.24 bits per heavy atom. The van der Waals surface area contributed by atoms with Gasteiger partial charge in [-0.15, -0.1) is 12.6 Å². The molecule has 0 amide bonds. The van der Waals surface area contributed by atoms with Gasteiger partial charge < -0.3 is 5.73 Å². The summed E-state index contributed by atoms with van der Waals surface area (Å²) in [5.74, 6) is 1.70. The van der Waals surface area contributed by atoms with Gasteiger partial charge in [-0.3, -0.25) is 0 Å². The van der Waals surface area contributed by atoms with Gasteiger partial charge >= 0.3 is 0 Å². The average Bonchev–Trinajstić information content (AvgIpc) is 2.41. The molecule has 0 saturated heterocycles. The molecule has 1 aliphatic rings. The van der Waals surface area contributed by atoms with Crippen LogP contribution in [0, 0.1) is 11.8 Å². The molecule has 0 heterocycles. The fraction of sp³-hybridized carbons (Fsp3) is 0.684. The Hall–Kier alpha value is -0.630. The van der Waals surface area contributed by atoms with Crippen LogP contribution in [0.3, 0.4) is 0 Å². The van der Waals surface area contributed by atoms with Crippen molar-refractivity contribution in [2.75, 3.05) is 0 Å². The Morgan fingerprint density at radius 2 is 1.76 bits per heavy atom. The lowest BCUT2D eigenvalue weighted by atomic mass is 9.81. The van der Waals surface area contributed by atoms with Gasteiger partial charge in [-0.05, 0) is 67.4 Å². The molecular weight excluding hydrogens is 274 g/mol. The maximum absolute atomic E-state index is 6.04. The van der Waals surface area contributed by atoms with Crippen LogP contribution in [-0.4, -0.2) is 0 Å². The van der Waals surface area contributed by atoms with Crippen LogP contribution in [0.1, 0.15) is 72.6 Å². The second kappa shape index (κ2) is 8.73. The monoisotopic (exact) mass is 307 g/mol. The molecule has 1 fully saturated rings. The first kappa shape index (κ1) is 18.4. The van der Waals surface area contributed by atoms with Crippen LogP contribution in [0.15, 0.2) is 33.9 Å². The van der Waals surface area contributed by atoms with Crippen molar-refractivity contribution in [1.29, 1.82) is 0 Å².